The summed E-state index contributed by atoms with van der Waals surface area (Å²) in [7, 11) is 0. The molecule has 306 valence electrons. The van der Waals surface area contributed by atoms with Gasteiger partial charge in [0.05, 0.1) is 12.3 Å². The van der Waals surface area contributed by atoms with Crippen LogP contribution in [0.2, 0.25) is 0 Å². The van der Waals surface area contributed by atoms with Crippen molar-refractivity contribution < 1.29 is 49.1 Å². The van der Waals surface area contributed by atoms with E-state index in [1.54, 1.807) is 11.6 Å². The van der Waals surface area contributed by atoms with Crippen molar-refractivity contribution in [2.24, 2.45) is 0 Å². The van der Waals surface area contributed by atoms with Gasteiger partial charge >= 0.3 is 0 Å². The van der Waals surface area contributed by atoms with Gasteiger partial charge in [0.1, 0.15) is 5.82 Å². The van der Waals surface area contributed by atoms with Gasteiger partial charge in [0.15, 0.2) is 0 Å². The third kappa shape index (κ3) is 6.26. The molecule has 12 rings (SSSR count). The number of pyridine rings is 1. The van der Waals surface area contributed by atoms with Crippen LogP contribution in [0.25, 0.3) is 82.1 Å². The molecule has 4 heterocycles. The maximum Gasteiger partial charge on any atom is 0.135 e. The van der Waals surface area contributed by atoms with Crippen molar-refractivity contribution in [3.05, 3.63) is 211 Å². The first-order valence-corrected chi connectivity index (χ1v) is 19.6. The first-order chi connectivity index (χ1) is 37.5. The van der Waals surface area contributed by atoms with Crippen LogP contribution in [0.5, 0.6) is 11.5 Å². The van der Waals surface area contributed by atoms with E-state index in [9.17, 15) is 4.11 Å². The van der Waals surface area contributed by atoms with Gasteiger partial charge in [-0.1, -0.05) is 149 Å². The molecule has 1 aliphatic rings. The molecule has 0 saturated heterocycles. The van der Waals surface area contributed by atoms with Crippen LogP contribution in [0.1, 0.15) is 40.0 Å². The molecule has 8 aromatic carbocycles. The maximum absolute atomic E-state index is 9.43. The second-order valence-electron chi connectivity index (χ2n) is 14.9. The Morgan fingerprint density at radius 3 is 2.22 bits per heavy atom. The number of ether oxygens (including phenoxy) is 1. The summed E-state index contributed by atoms with van der Waals surface area (Å²) < 4.78 is 159. The molecule has 3 aromatic heterocycles. The number of aromatic nitrogens is 3. The van der Waals surface area contributed by atoms with E-state index in [1.165, 1.54) is 0 Å². The monoisotopic (exact) mass is 1010 g/mol. The van der Waals surface area contributed by atoms with Gasteiger partial charge in [-0.15, -0.1) is 35.6 Å². The predicted molar refractivity (Wildman–Crippen MR) is 256 cm³/mol. The number of hydrogen-bond acceptors (Lipinski definition) is 3. The van der Waals surface area contributed by atoms with Crippen molar-refractivity contribution in [1.82, 2.24) is 14.1 Å². The van der Waals surface area contributed by atoms with Crippen LogP contribution in [0.3, 0.4) is 0 Å². The van der Waals surface area contributed by atoms with E-state index >= 15 is 0 Å². The van der Waals surface area contributed by atoms with Crippen molar-refractivity contribution in [2.75, 3.05) is 4.90 Å². The molecule has 0 aliphatic carbocycles. The first-order valence-electron chi connectivity index (χ1n) is 28.1. The number of benzene rings is 8. The largest absolute Gasteiger partial charge is 0.509 e. The topological polar surface area (TPSA) is 35.2 Å². The van der Waals surface area contributed by atoms with E-state index in [0.29, 0.717) is 5.69 Å². The van der Waals surface area contributed by atoms with Gasteiger partial charge in [-0.3, -0.25) is 0 Å². The van der Waals surface area contributed by atoms with Crippen LogP contribution in [-0.2, 0) is 21.1 Å². The van der Waals surface area contributed by atoms with Gasteiger partial charge in [-0.2, -0.15) is 12.1 Å². The van der Waals surface area contributed by atoms with E-state index < -0.39 is 108 Å². The summed E-state index contributed by atoms with van der Waals surface area (Å²) in [5.41, 5.74) is 2.34. The zero-order chi connectivity index (χ0) is 56.2. The average molecular weight is 1010 g/mol. The molecule has 0 fully saturated rings. The Kier molecular flexibility index (Phi) is 5.89. The minimum atomic E-state index is -3.05. The molecular weight excluding hydrogens is 952 g/mol. The summed E-state index contributed by atoms with van der Waals surface area (Å²) in [6, 6.07) is 24.4. The third-order valence-corrected chi connectivity index (χ3v) is 11.3. The fourth-order valence-corrected chi connectivity index (χ4v) is 8.56. The van der Waals surface area contributed by atoms with Crippen LogP contribution in [-0.4, -0.2) is 14.1 Å². The van der Waals surface area contributed by atoms with Gasteiger partial charge < -0.3 is 18.8 Å². The van der Waals surface area contributed by atoms with Gasteiger partial charge in [0.25, 0.3) is 0 Å². The Bertz CT molecular complexity index is 4620. The van der Waals surface area contributed by atoms with E-state index in [1.807, 2.05) is 56.3 Å². The van der Waals surface area contributed by atoms with Crippen molar-refractivity contribution in [3.8, 4) is 28.4 Å². The number of aryl methyl sites for hydroxylation is 3. The Hall–Kier alpha value is -7.33. The molecule has 5 nitrogen and oxygen atoms in total. The zero-order valence-electron chi connectivity index (χ0n) is 50.3. The van der Waals surface area contributed by atoms with Crippen molar-refractivity contribution in [3.63, 3.8) is 0 Å². The molecule has 0 bridgehead atoms. The Morgan fingerprint density at radius 1 is 0.619 bits per heavy atom. The third-order valence-electron chi connectivity index (χ3n) is 11.3. The number of hydrogen-bond donors (Lipinski definition) is 0. The predicted octanol–water partition coefficient (Wildman–Crippen LogP) is 14.8. The Labute approximate surface area is 403 Å². The molecule has 0 spiro atoms. The number of para-hydroxylation sites is 3. The van der Waals surface area contributed by atoms with Crippen LogP contribution in [0.4, 0.5) is 11.4 Å². The average Bonchev–Trinajstić information content (AvgIpc) is 4.11. The molecular formula is C57H39N4OPt-3. The number of fused-ring (bicyclic) bond motifs is 10. The van der Waals surface area contributed by atoms with E-state index in [4.69, 9.17) is 23.9 Å². The number of nitrogens with zero attached hydrogens (tertiary/aromatic N) is 4. The Morgan fingerprint density at radius 2 is 1.37 bits per heavy atom. The molecule has 6 heteroatoms. The van der Waals surface area contributed by atoms with Gasteiger partial charge in [-0.25, -0.2) is 4.98 Å². The summed E-state index contributed by atoms with van der Waals surface area (Å²) in [6.45, 7) is 2.82. The first kappa shape index (κ1) is 24.3. The maximum atomic E-state index is 9.43. The van der Waals surface area contributed by atoms with E-state index in [2.05, 4.69) is 58.1 Å². The second-order valence-corrected chi connectivity index (χ2v) is 14.9. The summed E-state index contributed by atoms with van der Waals surface area (Å²) in [4.78, 5) is 6.17. The van der Waals surface area contributed by atoms with Crippen molar-refractivity contribution in [2.45, 2.75) is 20.7 Å². The SMILES string of the molecule is [2H]c1c(Oc2[c-]c3c(c([2H])c2[2H])c2c([2H])c([2H])c([2H])c([2H])c2n3-c2cc(C([2H])([2H])[2H])c(-c3c([2H])c([2H])c([2H])c([2H])c3[2H])cn2)[c-]c(N2[CH-]n3c4c(C)cccc4c4cc(C)ccc4c4ccccc4c4cccc2c43)c([2H])c1[2H].[Pt]. The van der Waals surface area contributed by atoms with Crippen LogP contribution >= 0.6 is 0 Å². The molecule has 63 heavy (non-hydrogen) atoms. The molecule has 0 atom stereocenters. The van der Waals surface area contributed by atoms with Gasteiger partial charge in [-0.05, 0) is 104 Å². The zero-order valence-corrected chi connectivity index (χ0v) is 35.5. The molecule has 0 unspecified atom stereocenters. The molecule has 1 aliphatic heterocycles. The summed E-state index contributed by atoms with van der Waals surface area (Å²) in [5.74, 6) is -1.31. The fourth-order valence-electron chi connectivity index (χ4n) is 8.56. The molecule has 0 radical (unpaired) electrons. The van der Waals surface area contributed by atoms with Gasteiger partial charge in [0, 0.05) is 62.4 Å². The Balaban J connectivity index is 0.00000675. The normalized spacial score (nSPS) is 16.0. The standard InChI is InChI=1S/C57H39N4O.Pt/c1-36-26-28-45-43-19-7-8-20-44(43)48-23-13-25-53-57(48)60(56-37(2)14-11-22-49(56)50(45)30-36)35-59(53)40-17-12-18-41(32-40)62-42-27-29-47-46-21-9-10-24-52(46)61(54(47)33-42)55-31-38(3)51(34-58-55)39-15-5-4-6-16-39;/h4-31,34-35H,1-3H3;/q-3;/i3D3,4D,5D,6D,9D,10D,12D,15D,16D,17D,18D,21D,24D,27D,29D;. The number of rotatable bonds is 5. The minimum Gasteiger partial charge on any atom is -0.509 e. The second kappa shape index (κ2) is 15.2. The van der Waals surface area contributed by atoms with Crippen LogP contribution in [0.15, 0.2) is 176 Å². The fraction of sp³-hybridized carbons (Fsp3) is 0.0526. The van der Waals surface area contributed by atoms with Crippen molar-refractivity contribution >= 4 is 76.5 Å². The molecule has 11 aromatic rings. The number of anilines is 2. The summed E-state index contributed by atoms with van der Waals surface area (Å²) in [5, 5.41) is 5.32. The molecule has 0 N–H and O–H groups in total. The van der Waals surface area contributed by atoms with E-state index in [0.717, 1.165) is 71.3 Å². The van der Waals surface area contributed by atoms with E-state index in [-0.39, 0.29) is 66.0 Å². The molecule has 0 amide bonds. The van der Waals surface area contributed by atoms with Crippen LogP contribution in [0, 0.1) is 39.5 Å². The summed E-state index contributed by atoms with van der Waals surface area (Å²) >= 11 is 0. The smallest absolute Gasteiger partial charge is 0.135 e. The minimum absolute atomic E-state index is 0. The van der Waals surface area contributed by atoms with Gasteiger partial charge in [0.2, 0.25) is 0 Å². The van der Waals surface area contributed by atoms with Crippen LogP contribution < -0.4 is 9.64 Å². The van der Waals surface area contributed by atoms with Crippen molar-refractivity contribution in [1.29, 1.82) is 0 Å². The molecule has 0 saturated carbocycles. The quantitative estimate of drug-likeness (QED) is 0.161. The summed E-state index contributed by atoms with van der Waals surface area (Å²) in [6.07, 6.45) is 0.982.